The molecule has 1 aromatic carbocycles. The summed E-state index contributed by atoms with van der Waals surface area (Å²) in [7, 11) is 5.24. The van der Waals surface area contributed by atoms with Gasteiger partial charge in [0.25, 0.3) is 0 Å². The summed E-state index contributed by atoms with van der Waals surface area (Å²) in [6.07, 6.45) is -6.92. The molecule has 14 atom stereocenters. The van der Waals surface area contributed by atoms with E-state index in [1.807, 2.05) is 32.8 Å². The van der Waals surface area contributed by atoms with Crippen LogP contribution >= 0.6 is 11.6 Å². The SMILES string of the molecule is CC[C@H]1OC(=O)[C@H](C)[C@@H](OC(=O)Cc2ccc(Cl)cc2)[C@H](C)[C@@H](O[C@@H]2O[C@H](C)C[C@H](N(C)C)[C@H]2O)[C@](C)(OC)C[C@@H](C)NC(=O)[C@H](C)[C@H]2OC(=O)O[C@@]21C. The van der Waals surface area contributed by atoms with Crippen molar-refractivity contribution in [1.82, 2.24) is 10.2 Å². The van der Waals surface area contributed by atoms with E-state index in [2.05, 4.69) is 5.32 Å². The molecule has 1 aromatic rings. The molecular weight excluding hydrogens is 724 g/mol. The molecular formula is C39H59ClN2O12. The summed E-state index contributed by atoms with van der Waals surface area (Å²) in [5.74, 6) is -4.59. The third kappa shape index (κ3) is 9.67. The predicted molar refractivity (Wildman–Crippen MR) is 197 cm³/mol. The van der Waals surface area contributed by atoms with Crippen LogP contribution in [0.1, 0.15) is 80.2 Å². The van der Waals surface area contributed by atoms with Crippen LogP contribution in [0.25, 0.3) is 0 Å². The van der Waals surface area contributed by atoms with E-state index < -0.39 is 95.8 Å². The molecule has 3 aliphatic heterocycles. The third-order valence-corrected chi connectivity index (χ3v) is 11.6. The average Bonchev–Trinajstić information content (AvgIpc) is 3.42. The number of carbonyl (C=O) groups is 4. The number of likely N-dealkylation sites (N-methyl/N-ethyl adjacent to an activating group) is 1. The second-order valence-corrected chi connectivity index (χ2v) is 16.3. The maximum absolute atomic E-state index is 14.3. The van der Waals surface area contributed by atoms with Gasteiger partial charge in [-0.05, 0) is 92.6 Å². The minimum atomic E-state index is -1.52. The molecule has 1 amide bonds. The van der Waals surface area contributed by atoms with E-state index >= 15 is 0 Å². The Morgan fingerprint density at radius 3 is 2.28 bits per heavy atom. The highest BCUT2D eigenvalue weighted by atomic mass is 35.5. The maximum atomic E-state index is 14.3. The number of aliphatic hydroxyl groups is 1. The smallest absolute Gasteiger partial charge is 0.461 e. The lowest BCUT2D eigenvalue weighted by Gasteiger charge is -2.48. The largest absolute Gasteiger partial charge is 0.509 e. The zero-order chi connectivity index (χ0) is 40.3. The van der Waals surface area contributed by atoms with Crippen LogP contribution in [0, 0.1) is 17.8 Å². The molecule has 3 heterocycles. The van der Waals surface area contributed by atoms with E-state index in [4.69, 9.17) is 44.8 Å². The summed E-state index contributed by atoms with van der Waals surface area (Å²) in [5.41, 5.74) is -2.11. The molecule has 14 nitrogen and oxygen atoms in total. The van der Waals surface area contributed by atoms with Crippen LogP contribution in [0.5, 0.6) is 0 Å². The summed E-state index contributed by atoms with van der Waals surface area (Å²) in [5, 5.41) is 15.1. The fraction of sp³-hybridized carbons (Fsp3) is 0.744. The molecule has 0 bridgehead atoms. The summed E-state index contributed by atoms with van der Waals surface area (Å²) < 4.78 is 42.8. The van der Waals surface area contributed by atoms with Crippen LogP contribution in [-0.2, 0) is 54.0 Å². The Balaban J connectivity index is 1.83. The van der Waals surface area contributed by atoms with Crippen molar-refractivity contribution in [3.8, 4) is 0 Å². The van der Waals surface area contributed by atoms with Crippen LogP contribution in [0.15, 0.2) is 24.3 Å². The number of esters is 2. The number of cyclic esters (lactones) is 1. The molecule has 54 heavy (non-hydrogen) atoms. The first-order valence-electron chi connectivity index (χ1n) is 18.8. The van der Waals surface area contributed by atoms with Crippen molar-refractivity contribution in [2.75, 3.05) is 21.2 Å². The maximum Gasteiger partial charge on any atom is 0.509 e. The number of benzene rings is 1. The summed E-state index contributed by atoms with van der Waals surface area (Å²) in [6, 6.07) is 5.93. The molecule has 2 N–H and O–H groups in total. The second-order valence-electron chi connectivity index (χ2n) is 15.9. The van der Waals surface area contributed by atoms with Gasteiger partial charge < -0.3 is 48.5 Å². The molecule has 3 fully saturated rings. The lowest BCUT2D eigenvalue weighted by Crippen LogP contribution is -2.60. The van der Waals surface area contributed by atoms with Crippen LogP contribution in [0.4, 0.5) is 4.79 Å². The normalized spacial score (nSPS) is 39.6. The van der Waals surface area contributed by atoms with Crippen LogP contribution in [-0.4, -0.2) is 121 Å². The van der Waals surface area contributed by atoms with Crippen molar-refractivity contribution in [2.45, 2.75) is 147 Å². The Morgan fingerprint density at radius 2 is 1.69 bits per heavy atom. The topological polar surface area (TPSA) is 168 Å². The van der Waals surface area contributed by atoms with Gasteiger partial charge in [-0.15, -0.1) is 0 Å². The van der Waals surface area contributed by atoms with Crippen molar-refractivity contribution >= 4 is 35.6 Å². The molecule has 304 valence electrons. The van der Waals surface area contributed by atoms with Gasteiger partial charge in [0, 0.05) is 30.1 Å². The molecule has 3 saturated heterocycles. The standard InChI is InChI=1S/C39H59ClN2O12/c1-12-28-39(8)33(53-37(47)54-39)24(6)34(45)41-20(2)19-38(7,48-11)32(52-36-30(44)27(42(9)10)17-21(3)49-36)22(4)31(23(5)35(46)50-28)51-29(43)18-25-13-15-26(40)16-14-25/h13-16,20-24,27-28,30-33,36,44H,12,17-19H2,1-11H3,(H,41,45)/t20-,21-,22+,23-,24-,27+,28-,30-,31+,32-,33-,36+,38-,39-/m1/s1. The Kier molecular flexibility index (Phi) is 14.4. The Hall–Kier alpha value is -3.01. The lowest BCUT2D eigenvalue weighted by molar-refractivity contribution is -0.301. The molecule has 15 heteroatoms. The van der Waals surface area contributed by atoms with Gasteiger partial charge in [-0.2, -0.15) is 0 Å². The lowest BCUT2D eigenvalue weighted by atomic mass is 9.78. The monoisotopic (exact) mass is 782 g/mol. The Morgan fingerprint density at radius 1 is 1.04 bits per heavy atom. The van der Waals surface area contributed by atoms with Crippen molar-refractivity contribution in [1.29, 1.82) is 0 Å². The molecule has 0 unspecified atom stereocenters. The number of amides is 1. The van der Waals surface area contributed by atoms with E-state index in [1.54, 1.807) is 65.8 Å². The number of halogens is 1. The van der Waals surface area contributed by atoms with Gasteiger partial charge in [0.15, 0.2) is 18.0 Å². The number of hydrogen-bond acceptors (Lipinski definition) is 13. The van der Waals surface area contributed by atoms with Crippen LogP contribution in [0.2, 0.25) is 5.02 Å². The van der Waals surface area contributed by atoms with E-state index in [0.29, 0.717) is 17.0 Å². The highest BCUT2D eigenvalue weighted by Gasteiger charge is 2.58. The van der Waals surface area contributed by atoms with Gasteiger partial charge in [-0.1, -0.05) is 37.6 Å². The third-order valence-electron chi connectivity index (χ3n) is 11.3. The van der Waals surface area contributed by atoms with Gasteiger partial charge in [-0.3, -0.25) is 14.4 Å². The number of ether oxygens (including phenoxy) is 7. The second kappa shape index (κ2) is 17.8. The quantitative estimate of drug-likeness (QED) is 0.281. The molecule has 0 radical (unpaired) electrons. The summed E-state index contributed by atoms with van der Waals surface area (Å²) >= 11 is 6.08. The van der Waals surface area contributed by atoms with Crippen LogP contribution in [0.3, 0.4) is 0 Å². The molecule has 4 rings (SSSR count). The number of nitrogens with one attached hydrogen (secondary N) is 1. The van der Waals surface area contributed by atoms with Crippen molar-refractivity contribution in [3.63, 3.8) is 0 Å². The van der Waals surface area contributed by atoms with E-state index in [1.165, 1.54) is 7.11 Å². The molecule has 0 spiro atoms. The highest BCUT2D eigenvalue weighted by molar-refractivity contribution is 6.30. The number of rotatable bonds is 8. The van der Waals surface area contributed by atoms with Crippen molar-refractivity contribution in [2.24, 2.45) is 17.8 Å². The number of fused-ring (bicyclic) bond motifs is 1. The fourth-order valence-corrected chi connectivity index (χ4v) is 8.35. The highest BCUT2D eigenvalue weighted by Crippen LogP contribution is 2.41. The van der Waals surface area contributed by atoms with Gasteiger partial charge in [-0.25, -0.2) is 4.79 Å². The molecule has 3 aliphatic rings. The van der Waals surface area contributed by atoms with Gasteiger partial charge in [0.2, 0.25) is 5.91 Å². The minimum Gasteiger partial charge on any atom is -0.461 e. The van der Waals surface area contributed by atoms with Gasteiger partial charge in [0.05, 0.1) is 36.1 Å². The van der Waals surface area contributed by atoms with E-state index in [-0.39, 0.29) is 31.4 Å². The molecule has 0 aliphatic carbocycles. The van der Waals surface area contributed by atoms with Crippen LogP contribution < -0.4 is 5.32 Å². The predicted octanol–water partition coefficient (Wildman–Crippen LogP) is 4.44. The Bertz CT molecular complexity index is 1480. The first-order chi connectivity index (χ1) is 25.2. The Labute approximate surface area is 323 Å². The molecule has 0 saturated carbocycles. The zero-order valence-electron chi connectivity index (χ0n) is 33.3. The number of methoxy groups -OCH3 is 1. The average molecular weight is 783 g/mol. The first kappa shape index (κ1) is 43.7. The summed E-state index contributed by atoms with van der Waals surface area (Å²) in [6.45, 7) is 13.8. The van der Waals surface area contributed by atoms with Gasteiger partial charge >= 0.3 is 18.1 Å². The van der Waals surface area contributed by atoms with E-state index in [0.717, 1.165) is 0 Å². The number of hydrogen-bond donors (Lipinski definition) is 2. The summed E-state index contributed by atoms with van der Waals surface area (Å²) in [4.78, 5) is 56.3. The first-order valence-corrected chi connectivity index (χ1v) is 19.2. The van der Waals surface area contributed by atoms with E-state index in [9.17, 15) is 24.3 Å². The number of nitrogens with zero attached hydrogens (tertiary/aromatic N) is 1. The van der Waals surface area contributed by atoms with Gasteiger partial charge in [0.1, 0.15) is 18.3 Å². The number of carbonyl (C=O) groups excluding carboxylic acids is 4. The fourth-order valence-electron chi connectivity index (χ4n) is 8.23. The zero-order valence-corrected chi connectivity index (χ0v) is 34.1. The van der Waals surface area contributed by atoms with Crippen molar-refractivity contribution < 1.29 is 57.4 Å². The minimum absolute atomic E-state index is 0.118. The van der Waals surface area contributed by atoms with Crippen molar-refractivity contribution in [3.05, 3.63) is 34.9 Å². The number of aliphatic hydroxyl groups excluding tert-OH is 1. The molecule has 0 aromatic heterocycles.